The van der Waals surface area contributed by atoms with Gasteiger partial charge in [-0.2, -0.15) is 11.8 Å². The third-order valence-electron chi connectivity index (χ3n) is 4.53. The quantitative estimate of drug-likeness (QED) is 0.600. The van der Waals surface area contributed by atoms with Gasteiger partial charge >= 0.3 is 0 Å². The van der Waals surface area contributed by atoms with E-state index in [1.54, 1.807) is 0 Å². The molecule has 1 unspecified atom stereocenters. The number of nitrogens with one attached hydrogen (secondary N) is 1. The highest BCUT2D eigenvalue weighted by Gasteiger charge is 2.17. The molecule has 27 heavy (non-hydrogen) atoms. The second-order valence-corrected chi connectivity index (χ2v) is 8.33. The Morgan fingerprint density at radius 2 is 1.85 bits per heavy atom. The molecule has 0 aliphatic heterocycles. The number of hydrogen-bond acceptors (Lipinski definition) is 3. The van der Waals surface area contributed by atoms with Crippen LogP contribution >= 0.6 is 11.8 Å². The lowest BCUT2D eigenvalue weighted by Gasteiger charge is -2.19. The summed E-state index contributed by atoms with van der Waals surface area (Å²) in [6, 6.07) is 14.6. The van der Waals surface area contributed by atoms with E-state index in [0.717, 1.165) is 28.4 Å². The molecule has 2 aromatic rings. The molecule has 0 bridgehead atoms. The Bertz CT molecular complexity index is 758. The minimum absolute atomic E-state index is 0.0669. The fourth-order valence-corrected chi connectivity index (χ4v) is 3.74. The summed E-state index contributed by atoms with van der Waals surface area (Å²) in [4.78, 5) is 12.4. The summed E-state index contributed by atoms with van der Waals surface area (Å²) < 4.78 is 5.97. The summed E-state index contributed by atoms with van der Waals surface area (Å²) in [6.45, 7) is 10.9. The molecular formula is C23H31NO2S. The Morgan fingerprint density at radius 1 is 1.11 bits per heavy atom. The number of thioether (sulfide) groups is 1. The zero-order valence-electron chi connectivity index (χ0n) is 17.0. The molecule has 0 spiro atoms. The Balaban J connectivity index is 1.78. The van der Waals surface area contributed by atoms with E-state index < -0.39 is 6.10 Å². The zero-order valence-corrected chi connectivity index (χ0v) is 17.9. The van der Waals surface area contributed by atoms with Gasteiger partial charge in [-0.05, 0) is 55.0 Å². The van der Waals surface area contributed by atoms with E-state index in [-0.39, 0.29) is 5.91 Å². The molecule has 146 valence electrons. The molecule has 4 heteroatoms. The second-order valence-electron chi connectivity index (χ2n) is 7.23. The third kappa shape index (κ3) is 6.62. The Hall–Kier alpha value is -1.94. The number of ether oxygens (including phenoxy) is 1. The average molecular weight is 386 g/mol. The highest BCUT2D eigenvalue weighted by molar-refractivity contribution is 7.98. The first-order chi connectivity index (χ1) is 12.9. The molecule has 2 rings (SSSR count). The number of rotatable bonds is 9. The van der Waals surface area contributed by atoms with Crippen molar-refractivity contribution >= 4 is 17.7 Å². The van der Waals surface area contributed by atoms with Crippen LogP contribution in [0.5, 0.6) is 5.75 Å². The molecule has 0 aromatic heterocycles. The van der Waals surface area contributed by atoms with Gasteiger partial charge in [-0.15, -0.1) is 0 Å². The fraction of sp³-hybridized carbons (Fsp3) is 0.435. The van der Waals surface area contributed by atoms with Crippen LogP contribution in [0.25, 0.3) is 0 Å². The lowest BCUT2D eigenvalue weighted by atomic mass is 10.0. The Kier molecular flexibility index (Phi) is 8.23. The highest BCUT2D eigenvalue weighted by atomic mass is 32.2. The number of carbonyl (C=O) groups is 1. The summed E-state index contributed by atoms with van der Waals surface area (Å²) in [5, 5.41) is 2.98. The highest BCUT2D eigenvalue weighted by Crippen LogP contribution is 2.28. The maximum atomic E-state index is 12.4. The molecule has 0 saturated heterocycles. The molecule has 3 nitrogen and oxygen atoms in total. The van der Waals surface area contributed by atoms with Crippen molar-refractivity contribution in [3.63, 3.8) is 0 Å². The van der Waals surface area contributed by atoms with Crippen molar-refractivity contribution in [2.45, 2.75) is 52.4 Å². The van der Waals surface area contributed by atoms with Crippen LogP contribution in [0.3, 0.4) is 0 Å². The van der Waals surface area contributed by atoms with Crippen LogP contribution in [0.1, 0.15) is 48.9 Å². The van der Waals surface area contributed by atoms with Crippen molar-refractivity contribution in [3.8, 4) is 5.75 Å². The largest absolute Gasteiger partial charge is 0.481 e. The van der Waals surface area contributed by atoms with Gasteiger partial charge in [-0.1, -0.05) is 50.2 Å². The number of hydrogen-bond donors (Lipinski definition) is 1. The maximum Gasteiger partial charge on any atom is 0.260 e. The summed E-state index contributed by atoms with van der Waals surface area (Å²) in [5.74, 6) is 2.95. The molecule has 0 fully saturated rings. The van der Waals surface area contributed by atoms with Gasteiger partial charge < -0.3 is 10.1 Å². The Morgan fingerprint density at radius 3 is 2.56 bits per heavy atom. The first-order valence-electron chi connectivity index (χ1n) is 9.55. The van der Waals surface area contributed by atoms with Crippen LogP contribution in [0.2, 0.25) is 0 Å². The van der Waals surface area contributed by atoms with Crippen molar-refractivity contribution in [2.75, 3.05) is 12.3 Å². The first kappa shape index (κ1) is 21.4. The number of aryl methyl sites for hydroxylation is 2. The number of benzene rings is 2. The van der Waals surface area contributed by atoms with Gasteiger partial charge in [0.25, 0.3) is 5.91 Å². The van der Waals surface area contributed by atoms with Crippen molar-refractivity contribution in [1.82, 2.24) is 5.32 Å². The van der Waals surface area contributed by atoms with E-state index in [1.165, 1.54) is 11.1 Å². The van der Waals surface area contributed by atoms with Crippen LogP contribution in [0.15, 0.2) is 42.5 Å². The molecule has 0 heterocycles. The predicted molar refractivity (Wildman–Crippen MR) is 116 cm³/mol. The number of carbonyl (C=O) groups excluding carboxylic acids is 1. The van der Waals surface area contributed by atoms with Gasteiger partial charge in [-0.3, -0.25) is 4.79 Å². The summed E-state index contributed by atoms with van der Waals surface area (Å²) >= 11 is 1.83. The third-order valence-corrected chi connectivity index (χ3v) is 5.54. The smallest absolute Gasteiger partial charge is 0.260 e. The lowest BCUT2D eigenvalue weighted by Crippen LogP contribution is -2.37. The predicted octanol–water partition coefficient (Wildman–Crippen LogP) is 5.24. The van der Waals surface area contributed by atoms with Crippen LogP contribution in [-0.2, 0) is 10.5 Å². The molecule has 0 saturated carbocycles. The van der Waals surface area contributed by atoms with Gasteiger partial charge in [0.2, 0.25) is 0 Å². The van der Waals surface area contributed by atoms with Crippen molar-refractivity contribution < 1.29 is 9.53 Å². The summed E-state index contributed by atoms with van der Waals surface area (Å²) in [7, 11) is 0. The minimum atomic E-state index is -0.509. The average Bonchev–Trinajstić information content (AvgIpc) is 2.62. The van der Waals surface area contributed by atoms with Crippen molar-refractivity contribution in [2.24, 2.45) is 0 Å². The van der Waals surface area contributed by atoms with Crippen LogP contribution in [0, 0.1) is 13.8 Å². The second kappa shape index (κ2) is 10.4. The van der Waals surface area contributed by atoms with Crippen LogP contribution in [-0.4, -0.2) is 24.3 Å². The molecular weight excluding hydrogens is 354 g/mol. The van der Waals surface area contributed by atoms with E-state index in [1.807, 2.05) is 31.7 Å². The molecule has 0 radical (unpaired) electrons. The monoisotopic (exact) mass is 385 g/mol. The number of amides is 1. The molecule has 1 amide bonds. The Labute approximate surface area is 167 Å². The normalized spacial score (nSPS) is 12.1. The van der Waals surface area contributed by atoms with E-state index in [9.17, 15) is 4.79 Å². The van der Waals surface area contributed by atoms with Gasteiger partial charge in [0.15, 0.2) is 6.10 Å². The van der Waals surface area contributed by atoms with Crippen LogP contribution < -0.4 is 10.1 Å². The summed E-state index contributed by atoms with van der Waals surface area (Å²) in [6.07, 6.45) is -0.509. The fourth-order valence-electron chi connectivity index (χ4n) is 2.81. The molecule has 1 N–H and O–H groups in total. The van der Waals surface area contributed by atoms with Crippen molar-refractivity contribution in [3.05, 3.63) is 64.7 Å². The molecule has 1 atom stereocenters. The topological polar surface area (TPSA) is 38.3 Å². The lowest BCUT2D eigenvalue weighted by molar-refractivity contribution is -0.127. The standard InChI is InChI=1S/C23H31NO2S/c1-16(2)21-11-10-17(3)14-22(21)26-19(5)23(25)24-12-13-27-15-20-9-7-6-8-18(20)4/h6-11,14,16,19H,12-13,15H2,1-5H3,(H,24,25). The van der Waals surface area contributed by atoms with E-state index in [4.69, 9.17) is 4.74 Å². The SMILES string of the molecule is Cc1ccc(C(C)C)c(OC(C)C(=O)NCCSCc2ccccc2C)c1. The first-order valence-corrected chi connectivity index (χ1v) is 10.7. The van der Waals surface area contributed by atoms with Gasteiger partial charge in [-0.25, -0.2) is 0 Å². The van der Waals surface area contributed by atoms with Gasteiger partial charge in [0.1, 0.15) is 5.75 Å². The zero-order chi connectivity index (χ0) is 19.8. The van der Waals surface area contributed by atoms with Crippen molar-refractivity contribution in [1.29, 1.82) is 0 Å². The molecule has 0 aliphatic rings. The molecule has 2 aromatic carbocycles. The van der Waals surface area contributed by atoms with E-state index in [0.29, 0.717) is 12.5 Å². The molecule has 0 aliphatic carbocycles. The van der Waals surface area contributed by atoms with E-state index in [2.05, 4.69) is 62.5 Å². The van der Waals surface area contributed by atoms with Gasteiger partial charge in [0, 0.05) is 18.1 Å². The van der Waals surface area contributed by atoms with Gasteiger partial charge in [0.05, 0.1) is 0 Å². The van der Waals surface area contributed by atoms with Crippen LogP contribution in [0.4, 0.5) is 0 Å². The maximum absolute atomic E-state index is 12.4. The minimum Gasteiger partial charge on any atom is -0.481 e. The summed E-state index contributed by atoms with van der Waals surface area (Å²) in [5.41, 5.74) is 4.94. The van der Waals surface area contributed by atoms with E-state index >= 15 is 0 Å².